The molecule has 12 heteroatoms. The zero-order valence-electron chi connectivity index (χ0n) is 23.7. The molecule has 222 valence electrons. The maximum absolute atomic E-state index is 15.2. The van der Waals surface area contributed by atoms with Crippen molar-refractivity contribution in [3.63, 3.8) is 0 Å². The van der Waals surface area contributed by atoms with Crippen molar-refractivity contribution in [3.05, 3.63) is 78.7 Å². The minimum absolute atomic E-state index is 0.0546. The van der Waals surface area contributed by atoms with Crippen LogP contribution in [0.4, 0.5) is 15.9 Å². The van der Waals surface area contributed by atoms with Gasteiger partial charge < -0.3 is 25.3 Å². The Balaban J connectivity index is 1.13. The average Bonchev–Trinajstić information content (AvgIpc) is 3.47. The summed E-state index contributed by atoms with van der Waals surface area (Å²) in [6, 6.07) is 10.2. The van der Waals surface area contributed by atoms with E-state index in [1.165, 1.54) is 24.5 Å². The van der Waals surface area contributed by atoms with Crippen LogP contribution in [-0.2, 0) is 16.1 Å². The first-order valence-corrected chi connectivity index (χ1v) is 14.3. The summed E-state index contributed by atoms with van der Waals surface area (Å²) in [6.07, 6.45) is 6.24. The molecule has 2 aliphatic rings. The van der Waals surface area contributed by atoms with Crippen LogP contribution in [0.15, 0.2) is 61.6 Å². The molecular weight excluding hydrogens is 551 g/mol. The second kappa shape index (κ2) is 12.7. The molecule has 1 aromatic carbocycles. The number of morpholine rings is 1. The van der Waals surface area contributed by atoms with Crippen LogP contribution in [0, 0.1) is 5.82 Å². The minimum atomic E-state index is -0.568. The van der Waals surface area contributed by atoms with Gasteiger partial charge in [0.05, 0.1) is 24.3 Å². The summed E-state index contributed by atoms with van der Waals surface area (Å²) in [5.74, 6) is -0.432. The number of ether oxygens (including phenoxy) is 1. The van der Waals surface area contributed by atoms with E-state index in [4.69, 9.17) is 4.74 Å². The van der Waals surface area contributed by atoms with Gasteiger partial charge in [-0.15, -0.1) is 0 Å². The van der Waals surface area contributed by atoms with Crippen molar-refractivity contribution in [2.45, 2.75) is 25.4 Å². The van der Waals surface area contributed by atoms with E-state index in [1.807, 2.05) is 12.1 Å². The molecule has 0 bridgehead atoms. The van der Waals surface area contributed by atoms with E-state index in [2.05, 4.69) is 46.9 Å². The number of rotatable bonds is 8. The van der Waals surface area contributed by atoms with Crippen LogP contribution in [0.5, 0.6) is 0 Å². The molecule has 4 aromatic rings. The number of piperidine rings is 1. The van der Waals surface area contributed by atoms with E-state index >= 15 is 4.39 Å². The topological polar surface area (TPSA) is 128 Å². The van der Waals surface area contributed by atoms with Crippen LogP contribution in [0.25, 0.3) is 22.3 Å². The Morgan fingerprint density at radius 3 is 2.79 bits per heavy atom. The van der Waals surface area contributed by atoms with Gasteiger partial charge >= 0.3 is 0 Å². The highest BCUT2D eigenvalue weighted by Crippen LogP contribution is 2.30. The third-order valence-electron chi connectivity index (χ3n) is 7.74. The minimum Gasteiger partial charge on any atom is -0.378 e. The predicted molar refractivity (Wildman–Crippen MR) is 161 cm³/mol. The van der Waals surface area contributed by atoms with Crippen molar-refractivity contribution in [2.75, 3.05) is 49.6 Å². The number of halogens is 1. The molecule has 3 N–H and O–H groups in total. The number of anilines is 2. The highest BCUT2D eigenvalue weighted by molar-refractivity contribution is 6.03. The van der Waals surface area contributed by atoms with Crippen molar-refractivity contribution in [1.29, 1.82) is 0 Å². The van der Waals surface area contributed by atoms with Gasteiger partial charge in [0.1, 0.15) is 29.3 Å². The summed E-state index contributed by atoms with van der Waals surface area (Å²) in [7, 11) is 0. The first-order valence-electron chi connectivity index (χ1n) is 14.3. The maximum Gasteiger partial charge on any atom is 0.274 e. The first kappa shape index (κ1) is 28.4. The molecule has 0 radical (unpaired) electrons. The molecule has 5 heterocycles. The summed E-state index contributed by atoms with van der Waals surface area (Å²) in [6.45, 7) is 8.46. The monoisotopic (exact) mass is 584 g/mol. The number of H-pyrrole nitrogens is 1. The quantitative estimate of drug-likeness (QED) is 0.269. The summed E-state index contributed by atoms with van der Waals surface area (Å²) < 4.78 is 20.7. The Kier molecular flexibility index (Phi) is 8.38. The number of nitrogens with one attached hydrogen (secondary N) is 3. The maximum atomic E-state index is 15.2. The van der Waals surface area contributed by atoms with Crippen LogP contribution in [0.2, 0.25) is 0 Å². The predicted octanol–water partition coefficient (Wildman–Crippen LogP) is 3.51. The van der Waals surface area contributed by atoms with Crippen LogP contribution in [-0.4, -0.2) is 82.1 Å². The second-order valence-corrected chi connectivity index (χ2v) is 10.7. The highest BCUT2D eigenvalue weighted by Gasteiger charge is 2.22. The van der Waals surface area contributed by atoms with Gasteiger partial charge in [-0.2, -0.15) is 0 Å². The number of amides is 2. The lowest BCUT2D eigenvalue weighted by atomic mass is 10.0. The third-order valence-corrected chi connectivity index (χ3v) is 7.74. The highest BCUT2D eigenvalue weighted by atomic mass is 19.1. The van der Waals surface area contributed by atoms with Crippen molar-refractivity contribution in [2.24, 2.45) is 0 Å². The molecule has 0 aliphatic carbocycles. The van der Waals surface area contributed by atoms with E-state index in [9.17, 15) is 9.59 Å². The summed E-state index contributed by atoms with van der Waals surface area (Å²) in [5.41, 5.74) is 3.13. The third kappa shape index (κ3) is 6.55. The van der Waals surface area contributed by atoms with Gasteiger partial charge in [-0.3, -0.25) is 19.5 Å². The normalized spacial score (nSPS) is 17.5. The Hall–Kier alpha value is -4.68. The Morgan fingerprint density at radius 1 is 1.12 bits per heavy atom. The van der Waals surface area contributed by atoms with E-state index in [1.54, 1.807) is 18.3 Å². The number of carbonyl (C=O) groups excluding carboxylic acids is 2. The lowest BCUT2D eigenvalue weighted by molar-refractivity contribution is -0.117. The number of nitrogens with zero attached hydrogens (tertiary/aromatic N) is 5. The smallest absolute Gasteiger partial charge is 0.274 e. The van der Waals surface area contributed by atoms with Crippen molar-refractivity contribution >= 4 is 34.4 Å². The number of likely N-dealkylation sites (tertiary alicyclic amines) is 1. The standard InChI is InChI=1S/C31H33FN8O3/c1-2-28(41)36-22-4-3-9-39(18-22)17-20-7-8-33-27(14-20)31(42)38-25-6-5-21(15-24(25)32)26-16-23-29(37-26)34-19-35-30(23)40-10-12-43-13-11-40/h2,5-8,14-16,19,22H,1,3-4,9-13,17-18H2,(H,36,41)(H,38,42)(H,34,35,37)/t22-/m1/s1. The number of fused-ring (bicyclic) bond motifs is 1. The van der Waals surface area contributed by atoms with E-state index in [0.717, 1.165) is 49.2 Å². The zero-order chi connectivity index (χ0) is 29.8. The molecule has 11 nitrogen and oxygen atoms in total. The molecule has 2 fully saturated rings. The van der Waals surface area contributed by atoms with E-state index < -0.39 is 11.7 Å². The molecule has 3 aromatic heterocycles. The molecule has 0 spiro atoms. The van der Waals surface area contributed by atoms with Gasteiger partial charge in [0.2, 0.25) is 5.91 Å². The lowest BCUT2D eigenvalue weighted by Gasteiger charge is -2.33. The summed E-state index contributed by atoms with van der Waals surface area (Å²) >= 11 is 0. The fourth-order valence-electron chi connectivity index (χ4n) is 5.61. The SMILES string of the molecule is C=CC(=O)N[C@@H]1CCCN(Cc2ccnc(C(=O)Nc3ccc(-c4cc5c(N6CCOCC6)ncnc5[nH]4)cc3F)c2)C1. The molecule has 0 saturated carbocycles. The molecule has 2 aliphatic heterocycles. The molecule has 2 saturated heterocycles. The van der Waals surface area contributed by atoms with Gasteiger partial charge in [0.15, 0.2) is 0 Å². The van der Waals surface area contributed by atoms with Gasteiger partial charge in [-0.25, -0.2) is 14.4 Å². The summed E-state index contributed by atoms with van der Waals surface area (Å²) in [4.78, 5) is 45.4. The van der Waals surface area contributed by atoms with Gasteiger partial charge in [0, 0.05) is 49.7 Å². The average molecular weight is 585 g/mol. The van der Waals surface area contributed by atoms with Crippen LogP contribution >= 0.6 is 0 Å². The van der Waals surface area contributed by atoms with Crippen LogP contribution < -0.4 is 15.5 Å². The number of carbonyl (C=O) groups is 2. The van der Waals surface area contributed by atoms with Crippen LogP contribution in [0.3, 0.4) is 0 Å². The van der Waals surface area contributed by atoms with Crippen molar-refractivity contribution in [1.82, 2.24) is 30.2 Å². The molecule has 1 atom stereocenters. The Labute approximate surface area is 248 Å². The Morgan fingerprint density at radius 2 is 1.98 bits per heavy atom. The van der Waals surface area contributed by atoms with Crippen molar-refractivity contribution in [3.8, 4) is 11.3 Å². The lowest BCUT2D eigenvalue weighted by Crippen LogP contribution is -2.46. The number of benzene rings is 1. The van der Waals surface area contributed by atoms with Gasteiger partial charge in [0.25, 0.3) is 5.91 Å². The second-order valence-electron chi connectivity index (χ2n) is 10.7. The zero-order valence-corrected chi connectivity index (χ0v) is 23.7. The molecular formula is C31H33FN8O3. The molecule has 2 amide bonds. The molecule has 43 heavy (non-hydrogen) atoms. The molecule has 0 unspecified atom stereocenters. The van der Waals surface area contributed by atoms with Gasteiger partial charge in [-0.05, 0) is 61.4 Å². The summed E-state index contributed by atoms with van der Waals surface area (Å²) in [5, 5.41) is 6.46. The van der Waals surface area contributed by atoms with Gasteiger partial charge in [-0.1, -0.05) is 12.6 Å². The first-order chi connectivity index (χ1) is 21.0. The van der Waals surface area contributed by atoms with Crippen molar-refractivity contribution < 1.29 is 18.7 Å². The van der Waals surface area contributed by atoms with E-state index in [0.29, 0.717) is 43.2 Å². The Bertz CT molecular complexity index is 1650. The number of aromatic amines is 1. The fraction of sp³-hybridized carbons (Fsp3) is 0.323. The number of hydrogen-bond acceptors (Lipinski definition) is 8. The largest absolute Gasteiger partial charge is 0.378 e. The number of pyridine rings is 1. The molecule has 6 rings (SSSR count). The number of aromatic nitrogens is 4. The van der Waals surface area contributed by atoms with E-state index in [-0.39, 0.29) is 23.3 Å². The number of hydrogen-bond donors (Lipinski definition) is 3. The van der Waals surface area contributed by atoms with Crippen LogP contribution in [0.1, 0.15) is 28.9 Å². The fourth-order valence-corrected chi connectivity index (χ4v) is 5.61.